The number of nitrogens with one attached hydrogen (secondary N) is 1. The van der Waals surface area contributed by atoms with Crippen LogP contribution < -0.4 is 11.1 Å². The minimum Gasteiger partial charge on any atom is -0.394 e. The van der Waals surface area contributed by atoms with Gasteiger partial charge in [-0.2, -0.15) is 0 Å². The maximum atomic E-state index is 11.5. The van der Waals surface area contributed by atoms with Gasteiger partial charge >= 0.3 is 0 Å². The second kappa shape index (κ2) is 5.29. The molecule has 1 saturated carbocycles. The highest BCUT2D eigenvalue weighted by atomic mass is 16.3. The van der Waals surface area contributed by atoms with Crippen LogP contribution in [0.25, 0.3) is 0 Å². The number of aliphatic hydroxyl groups is 2. The molecule has 3 unspecified atom stereocenters. The van der Waals surface area contributed by atoms with Gasteiger partial charge in [0.05, 0.1) is 18.6 Å². The van der Waals surface area contributed by atoms with Crippen LogP contribution >= 0.6 is 0 Å². The highest BCUT2D eigenvalue weighted by molar-refractivity contribution is 5.79. The van der Waals surface area contributed by atoms with Crippen molar-refractivity contribution in [3.05, 3.63) is 0 Å². The number of aliphatic hydroxyl groups excluding tert-OH is 2. The molecular weight excluding hydrogens is 184 g/mol. The molecule has 1 aliphatic carbocycles. The predicted molar refractivity (Wildman–Crippen MR) is 51.4 cm³/mol. The topological polar surface area (TPSA) is 95.6 Å². The van der Waals surface area contributed by atoms with E-state index in [1.165, 1.54) is 0 Å². The van der Waals surface area contributed by atoms with Gasteiger partial charge in [0.2, 0.25) is 5.91 Å². The van der Waals surface area contributed by atoms with Gasteiger partial charge < -0.3 is 21.3 Å². The number of rotatable bonds is 4. The molecule has 1 fully saturated rings. The molecule has 3 atom stereocenters. The molecule has 0 aliphatic heterocycles. The summed E-state index contributed by atoms with van der Waals surface area (Å²) in [5, 5.41) is 20.1. The van der Waals surface area contributed by atoms with E-state index in [1.54, 1.807) is 0 Å². The highest BCUT2D eigenvalue weighted by Crippen LogP contribution is 2.23. The molecule has 1 rings (SSSR count). The molecule has 0 saturated heterocycles. The molecule has 1 aliphatic rings. The van der Waals surface area contributed by atoms with Crippen LogP contribution in [-0.4, -0.2) is 41.4 Å². The van der Waals surface area contributed by atoms with Crippen LogP contribution in [-0.2, 0) is 4.79 Å². The SMILES string of the molecule is NC1CCCC1C(=O)NCC(O)CO. The van der Waals surface area contributed by atoms with Crippen molar-refractivity contribution in [1.29, 1.82) is 0 Å². The van der Waals surface area contributed by atoms with E-state index in [1.807, 2.05) is 0 Å². The molecule has 82 valence electrons. The first-order valence-electron chi connectivity index (χ1n) is 4.97. The summed E-state index contributed by atoms with van der Waals surface area (Å²) in [5.74, 6) is -0.233. The smallest absolute Gasteiger partial charge is 0.224 e. The van der Waals surface area contributed by atoms with Crippen molar-refractivity contribution in [3.63, 3.8) is 0 Å². The monoisotopic (exact) mass is 202 g/mol. The normalized spacial score (nSPS) is 28.8. The molecule has 0 heterocycles. The molecule has 5 nitrogen and oxygen atoms in total. The molecule has 0 aromatic heterocycles. The maximum absolute atomic E-state index is 11.5. The van der Waals surface area contributed by atoms with Crippen LogP contribution in [0.5, 0.6) is 0 Å². The van der Waals surface area contributed by atoms with Gasteiger partial charge in [-0.15, -0.1) is 0 Å². The second-order valence-electron chi connectivity index (χ2n) is 3.78. The van der Waals surface area contributed by atoms with Crippen molar-refractivity contribution in [2.45, 2.75) is 31.4 Å². The third kappa shape index (κ3) is 2.94. The lowest BCUT2D eigenvalue weighted by atomic mass is 10.0. The lowest BCUT2D eigenvalue weighted by Crippen LogP contribution is -2.42. The highest BCUT2D eigenvalue weighted by Gasteiger charge is 2.30. The van der Waals surface area contributed by atoms with Crippen LogP contribution in [0.1, 0.15) is 19.3 Å². The molecule has 0 radical (unpaired) electrons. The summed E-state index contributed by atoms with van der Waals surface area (Å²) in [6.07, 6.45) is 1.82. The zero-order chi connectivity index (χ0) is 10.6. The summed E-state index contributed by atoms with van der Waals surface area (Å²) in [6.45, 7) is -0.241. The molecule has 5 N–H and O–H groups in total. The molecule has 0 spiro atoms. The predicted octanol–water partition coefficient (Wildman–Crippen LogP) is -1.42. The summed E-state index contributed by atoms with van der Waals surface area (Å²) >= 11 is 0. The molecule has 5 heteroatoms. The van der Waals surface area contributed by atoms with Crippen molar-refractivity contribution < 1.29 is 15.0 Å². The first-order chi connectivity index (χ1) is 6.65. The number of amides is 1. The van der Waals surface area contributed by atoms with Crippen LogP contribution in [0, 0.1) is 5.92 Å². The lowest BCUT2D eigenvalue weighted by molar-refractivity contribution is -0.125. The van der Waals surface area contributed by atoms with E-state index in [2.05, 4.69) is 5.32 Å². The first-order valence-corrected chi connectivity index (χ1v) is 4.97. The average molecular weight is 202 g/mol. The Morgan fingerprint density at radius 3 is 2.79 bits per heavy atom. The van der Waals surface area contributed by atoms with Gasteiger partial charge in [-0.05, 0) is 12.8 Å². The molecule has 0 bridgehead atoms. The van der Waals surface area contributed by atoms with E-state index in [-0.39, 0.29) is 31.0 Å². The number of nitrogens with two attached hydrogens (primary N) is 1. The van der Waals surface area contributed by atoms with Crippen LogP contribution in [0.15, 0.2) is 0 Å². The van der Waals surface area contributed by atoms with E-state index < -0.39 is 6.10 Å². The Bertz CT molecular complexity index is 198. The maximum Gasteiger partial charge on any atom is 0.224 e. The summed E-state index contributed by atoms with van der Waals surface area (Å²) in [7, 11) is 0. The van der Waals surface area contributed by atoms with Gasteiger partial charge in [-0.25, -0.2) is 0 Å². The fraction of sp³-hybridized carbons (Fsp3) is 0.889. The van der Waals surface area contributed by atoms with Crippen molar-refractivity contribution >= 4 is 5.91 Å². The van der Waals surface area contributed by atoms with Crippen LogP contribution in [0.2, 0.25) is 0 Å². The quantitative estimate of drug-likeness (QED) is 0.450. The van der Waals surface area contributed by atoms with Crippen molar-refractivity contribution in [3.8, 4) is 0 Å². The van der Waals surface area contributed by atoms with E-state index in [0.29, 0.717) is 0 Å². The fourth-order valence-corrected chi connectivity index (χ4v) is 1.73. The Morgan fingerprint density at radius 1 is 1.57 bits per heavy atom. The van der Waals surface area contributed by atoms with Crippen LogP contribution in [0.3, 0.4) is 0 Å². The lowest BCUT2D eigenvalue weighted by Gasteiger charge is -2.16. The van der Waals surface area contributed by atoms with E-state index in [4.69, 9.17) is 15.9 Å². The number of hydrogen-bond acceptors (Lipinski definition) is 4. The average Bonchev–Trinajstić information content (AvgIpc) is 2.60. The van der Waals surface area contributed by atoms with Gasteiger partial charge in [0.15, 0.2) is 0 Å². The second-order valence-corrected chi connectivity index (χ2v) is 3.78. The fourth-order valence-electron chi connectivity index (χ4n) is 1.73. The molecule has 1 amide bonds. The van der Waals surface area contributed by atoms with Gasteiger partial charge in [-0.1, -0.05) is 6.42 Å². The minimum absolute atomic E-state index is 0.0544. The van der Waals surface area contributed by atoms with Crippen molar-refractivity contribution in [2.24, 2.45) is 11.7 Å². The molecule has 0 aromatic rings. The molecule has 14 heavy (non-hydrogen) atoms. The van der Waals surface area contributed by atoms with Crippen LogP contribution in [0.4, 0.5) is 0 Å². The Hall–Kier alpha value is -0.650. The van der Waals surface area contributed by atoms with Gasteiger partial charge in [0, 0.05) is 12.6 Å². The Labute approximate surface area is 83.3 Å². The Balaban J connectivity index is 2.27. The largest absolute Gasteiger partial charge is 0.394 e. The zero-order valence-electron chi connectivity index (χ0n) is 8.15. The third-order valence-electron chi connectivity index (χ3n) is 2.63. The number of carbonyl (C=O) groups excluding carboxylic acids is 1. The van der Waals surface area contributed by atoms with Gasteiger partial charge in [0.25, 0.3) is 0 Å². The third-order valence-corrected chi connectivity index (χ3v) is 2.63. The first kappa shape index (κ1) is 11.4. The Kier molecular flexibility index (Phi) is 4.31. The number of hydrogen-bond donors (Lipinski definition) is 4. The summed E-state index contributed by atoms with van der Waals surface area (Å²) in [6, 6.07) is -0.0544. The Morgan fingerprint density at radius 2 is 2.29 bits per heavy atom. The summed E-state index contributed by atoms with van der Waals surface area (Å²) in [4.78, 5) is 11.5. The van der Waals surface area contributed by atoms with Crippen molar-refractivity contribution in [2.75, 3.05) is 13.2 Å². The summed E-state index contributed by atoms with van der Waals surface area (Å²) in [5.41, 5.74) is 5.75. The van der Waals surface area contributed by atoms with Gasteiger partial charge in [-0.3, -0.25) is 4.79 Å². The summed E-state index contributed by atoms with van der Waals surface area (Å²) < 4.78 is 0. The zero-order valence-corrected chi connectivity index (χ0v) is 8.15. The van der Waals surface area contributed by atoms with E-state index in [9.17, 15) is 4.79 Å². The van der Waals surface area contributed by atoms with E-state index in [0.717, 1.165) is 19.3 Å². The molecule has 0 aromatic carbocycles. The van der Waals surface area contributed by atoms with Gasteiger partial charge in [0.1, 0.15) is 0 Å². The standard InChI is InChI=1S/C9H18N2O3/c10-8-3-1-2-7(8)9(14)11-4-6(13)5-12/h6-8,12-13H,1-5,10H2,(H,11,14). The van der Waals surface area contributed by atoms with E-state index >= 15 is 0 Å². The number of carbonyl (C=O) groups is 1. The minimum atomic E-state index is -0.878. The molecular formula is C9H18N2O3. The van der Waals surface area contributed by atoms with Crippen molar-refractivity contribution in [1.82, 2.24) is 5.32 Å².